The number of benzene rings is 2. The van der Waals surface area contributed by atoms with E-state index in [1.807, 2.05) is 30.3 Å². The maximum absolute atomic E-state index is 13.0. The summed E-state index contributed by atoms with van der Waals surface area (Å²) in [4.78, 5) is 30.4. The molecule has 0 bridgehead atoms. The first-order chi connectivity index (χ1) is 14.7. The molecular formula is C20H16F3N5O2S. The zero-order chi connectivity index (χ0) is 22.2. The lowest BCUT2D eigenvalue weighted by Gasteiger charge is -2.31. The Bertz CT molecular complexity index is 1130. The van der Waals surface area contributed by atoms with Crippen molar-refractivity contribution in [2.24, 2.45) is 0 Å². The van der Waals surface area contributed by atoms with Crippen LogP contribution >= 0.6 is 11.8 Å². The van der Waals surface area contributed by atoms with Gasteiger partial charge in [-0.05, 0) is 37.3 Å². The number of halogens is 3. The fraction of sp³-hybridized carbons (Fsp3) is 0.200. The van der Waals surface area contributed by atoms with Crippen LogP contribution in [0.2, 0.25) is 0 Å². The van der Waals surface area contributed by atoms with Crippen molar-refractivity contribution in [2.45, 2.75) is 23.5 Å². The number of rotatable bonds is 4. The first kappa shape index (κ1) is 20.9. The number of amides is 2. The van der Waals surface area contributed by atoms with Crippen LogP contribution in [0.3, 0.4) is 0 Å². The molecule has 0 aliphatic carbocycles. The van der Waals surface area contributed by atoms with Crippen molar-refractivity contribution in [3.63, 3.8) is 0 Å². The molecular weight excluding hydrogens is 431 g/mol. The molecule has 1 aliphatic heterocycles. The summed E-state index contributed by atoms with van der Waals surface area (Å²) in [7, 11) is 0. The molecule has 1 N–H and O–H groups in total. The van der Waals surface area contributed by atoms with Crippen LogP contribution in [0.1, 0.15) is 12.5 Å². The van der Waals surface area contributed by atoms with Gasteiger partial charge in [0.1, 0.15) is 12.9 Å². The number of hydrogen-bond acceptors (Lipinski definition) is 5. The topological polar surface area (TPSA) is 80.1 Å². The van der Waals surface area contributed by atoms with Crippen LogP contribution in [-0.4, -0.2) is 38.4 Å². The molecule has 2 aromatic carbocycles. The number of nitrogens with zero attached hydrogens (tertiary/aromatic N) is 4. The van der Waals surface area contributed by atoms with Gasteiger partial charge in [0.2, 0.25) is 17.0 Å². The van der Waals surface area contributed by atoms with Gasteiger partial charge >= 0.3 is 6.18 Å². The minimum Gasteiger partial charge on any atom is -0.323 e. The molecule has 0 fully saturated rings. The van der Waals surface area contributed by atoms with Crippen molar-refractivity contribution in [1.29, 1.82) is 0 Å². The van der Waals surface area contributed by atoms with Crippen molar-refractivity contribution < 1.29 is 22.8 Å². The lowest BCUT2D eigenvalue weighted by molar-refractivity contribution is -0.137. The van der Waals surface area contributed by atoms with E-state index >= 15 is 0 Å². The minimum atomic E-state index is -4.56. The van der Waals surface area contributed by atoms with Crippen LogP contribution in [0.4, 0.5) is 24.5 Å². The van der Waals surface area contributed by atoms with E-state index in [4.69, 9.17) is 0 Å². The second-order valence-corrected chi connectivity index (χ2v) is 8.08. The summed E-state index contributed by atoms with van der Waals surface area (Å²) in [6, 6.07) is 12.2. The first-order valence-electron chi connectivity index (χ1n) is 9.18. The smallest absolute Gasteiger partial charge is 0.323 e. The molecule has 0 spiro atoms. The summed E-state index contributed by atoms with van der Waals surface area (Å²) < 4.78 is 40.6. The van der Waals surface area contributed by atoms with Crippen LogP contribution in [0.25, 0.3) is 5.69 Å². The second-order valence-electron chi connectivity index (χ2n) is 6.77. The number of nitrogens with one attached hydrogen (secondary N) is 1. The predicted molar refractivity (Wildman–Crippen MR) is 109 cm³/mol. The third-order valence-electron chi connectivity index (χ3n) is 4.58. The van der Waals surface area contributed by atoms with E-state index in [-0.39, 0.29) is 17.9 Å². The molecule has 1 aliphatic rings. The van der Waals surface area contributed by atoms with Crippen molar-refractivity contribution in [2.75, 3.05) is 16.8 Å². The van der Waals surface area contributed by atoms with E-state index in [9.17, 15) is 22.8 Å². The predicted octanol–water partition coefficient (Wildman–Crippen LogP) is 3.75. The third-order valence-corrected chi connectivity index (χ3v) is 5.53. The monoisotopic (exact) mass is 447 g/mol. The molecule has 2 heterocycles. The van der Waals surface area contributed by atoms with Gasteiger partial charge in [-0.1, -0.05) is 30.0 Å². The normalized spacial score (nSPS) is 14.7. The van der Waals surface area contributed by atoms with Gasteiger partial charge in [-0.25, -0.2) is 9.67 Å². The lowest BCUT2D eigenvalue weighted by Crippen LogP contribution is -2.45. The highest BCUT2D eigenvalue weighted by atomic mass is 32.2. The number of carbonyl (C=O) groups is 2. The summed E-state index contributed by atoms with van der Waals surface area (Å²) >= 11 is 1.10. The summed E-state index contributed by atoms with van der Waals surface area (Å²) in [5.74, 6) is -0.999. The molecule has 2 amide bonds. The van der Waals surface area contributed by atoms with Gasteiger partial charge in [-0.3, -0.25) is 14.5 Å². The maximum atomic E-state index is 13.0. The Morgan fingerprint density at radius 2 is 1.94 bits per heavy atom. The van der Waals surface area contributed by atoms with Crippen LogP contribution < -0.4 is 10.2 Å². The standard InChI is InChI=1S/C20H16F3N5O2S/c1-12(31-19-24-11-28(26-19)14-5-3-2-4-6-14)18(30)27-10-17(29)25-15-9-13(20(21,22)23)7-8-16(15)27/h2-9,11-12H,10H2,1H3,(H,25,29)/t12-/m1/s1. The van der Waals surface area contributed by atoms with E-state index < -0.39 is 28.8 Å². The zero-order valence-electron chi connectivity index (χ0n) is 16.1. The molecule has 0 saturated heterocycles. The molecule has 160 valence electrons. The molecule has 4 rings (SSSR count). The molecule has 31 heavy (non-hydrogen) atoms. The largest absolute Gasteiger partial charge is 0.416 e. The van der Waals surface area contributed by atoms with Crippen molar-refractivity contribution in [3.05, 3.63) is 60.4 Å². The molecule has 1 aromatic heterocycles. The fourth-order valence-corrected chi connectivity index (χ4v) is 3.89. The van der Waals surface area contributed by atoms with Crippen LogP contribution in [0, 0.1) is 0 Å². The molecule has 0 saturated carbocycles. The van der Waals surface area contributed by atoms with Gasteiger partial charge < -0.3 is 5.32 Å². The Labute approximate surface area is 179 Å². The number of carbonyl (C=O) groups excluding carboxylic acids is 2. The Kier molecular flexibility index (Phi) is 5.44. The summed E-state index contributed by atoms with van der Waals surface area (Å²) in [6.45, 7) is 1.35. The number of hydrogen-bond donors (Lipinski definition) is 1. The molecule has 0 unspecified atom stereocenters. The highest BCUT2D eigenvalue weighted by molar-refractivity contribution is 8.00. The third kappa shape index (κ3) is 4.41. The average molecular weight is 447 g/mol. The molecule has 3 aromatic rings. The number of thioether (sulfide) groups is 1. The van der Waals surface area contributed by atoms with E-state index in [0.29, 0.717) is 5.16 Å². The highest BCUT2D eigenvalue weighted by Crippen LogP contribution is 2.37. The summed E-state index contributed by atoms with van der Waals surface area (Å²) in [5.41, 5.74) is 0.0674. The first-order valence-corrected chi connectivity index (χ1v) is 10.1. The Morgan fingerprint density at radius 1 is 1.19 bits per heavy atom. The van der Waals surface area contributed by atoms with E-state index in [1.54, 1.807) is 11.6 Å². The van der Waals surface area contributed by atoms with Crippen molar-refractivity contribution in [1.82, 2.24) is 14.8 Å². The van der Waals surface area contributed by atoms with Gasteiger partial charge in [0.25, 0.3) is 0 Å². The molecule has 11 heteroatoms. The number of fused-ring (bicyclic) bond motifs is 1. The van der Waals surface area contributed by atoms with Crippen LogP contribution in [0.5, 0.6) is 0 Å². The number of aromatic nitrogens is 3. The fourth-order valence-electron chi connectivity index (χ4n) is 3.10. The zero-order valence-corrected chi connectivity index (χ0v) is 16.9. The Balaban J connectivity index is 1.53. The summed E-state index contributed by atoms with van der Waals surface area (Å²) in [5, 5.41) is 6.43. The average Bonchev–Trinajstić information content (AvgIpc) is 3.20. The number of anilines is 2. The van der Waals surface area contributed by atoms with Gasteiger partial charge in [0.05, 0.1) is 27.9 Å². The quantitative estimate of drug-likeness (QED) is 0.617. The number of alkyl halides is 3. The van der Waals surface area contributed by atoms with Crippen LogP contribution in [-0.2, 0) is 15.8 Å². The molecule has 0 radical (unpaired) electrons. The SMILES string of the molecule is C[C@@H](Sc1ncn(-c2ccccc2)n1)C(=O)N1CC(=O)Nc2cc(C(F)(F)F)ccc21. The number of para-hydroxylation sites is 1. The molecule has 7 nitrogen and oxygen atoms in total. The Hall–Kier alpha value is -3.34. The van der Waals surface area contributed by atoms with Crippen LogP contribution in [0.15, 0.2) is 60.0 Å². The highest BCUT2D eigenvalue weighted by Gasteiger charge is 2.35. The van der Waals surface area contributed by atoms with Crippen molar-refractivity contribution in [3.8, 4) is 5.69 Å². The van der Waals surface area contributed by atoms with E-state index in [2.05, 4.69) is 15.4 Å². The molecule has 1 atom stereocenters. The van der Waals surface area contributed by atoms with Gasteiger partial charge in [-0.2, -0.15) is 13.2 Å². The van der Waals surface area contributed by atoms with Gasteiger partial charge in [0.15, 0.2) is 0 Å². The van der Waals surface area contributed by atoms with E-state index in [0.717, 1.165) is 29.6 Å². The lowest BCUT2D eigenvalue weighted by atomic mass is 10.1. The summed E-state index contributed by atoms with van der Waals surface area (Å²) in [6.07, 6.45) is -3.03. The van der Waals surface area contributed by atoms with Crippen molar-refractivity contribution >= 4 is 35.0 Å². The van der Waals surface area contributed by atoms with Gasteiger partial charge in [0, 0.05) is 0 Å². The Morgan fingerprint density at radius 3 is 2.65 bits per heavy atom. The minimum absolute atomic E-state index is 0.0527. The maximum Gasteiger partial charge on any atom is 0.416 e. The van der Waals surface area contributed by atoms with E-state index in [1.165, 1.54) is 17.3 Å². The van der Waals surface area contributed by atoms with Gasteiger partial charge in [-0.15, -0.1) is 5.10 Å². The second kappa shape index (κ2) is 8.06.